The van der Waals surface area contributed by atoms with Crippen LogP contribution in [0.2, 0.25) is 0 Å². The average molecular weight is 374 g/mol. The maximum absolute atomic E-state index is 13.4. The molecule has 2 aromatic carbocycles. The highest BCUT2D eigenvalue weighted by atomic mass is 32.1. The lowest BCUT2D eigenvalue weighted by Gasteiger charge is -2.35. The molecule has 1 fully saturated rings. The van der Waals surface area contributed by atoms with Crippen molar-refractivity contribution < 1.29 is 9.59 Å². The molecule has 3 N–H and O–H groups in total. The van der Waals surface area contributed by atoms with Gasteiger partial charge in [0.1, 0.15) is 5.82 Å². The van der Waals surface area contributed by atoms with Gasteiger partial charge in [0, 0.05) is 5.56 Å². The van der Waals surface area contributed by atoms with Crippen LogP contribution in [0.15, 0.2) is 72.1 Å². The van der Waals surface area contributed by atoms with Gasteiger partial charge in [0.2, 0.25) is 0 Å². The van der Waals surface area contributed by atoms with E-state index < -0.39 is 17.4 Å². The summed E-state index contributed by atoms with van der Waals surface area (Å²) in [7, 11) is 0. The van der Waals surface area contributed by atoms with Crippen molar-refractivity contribution in [3.05, 3.63) is 83.2 Å². The molecule has 7 heteroatoms. The first kappa shape index (κ1) is 16.9. The molecule has 2 unspecified atom stereocenters. The lowest BCUT2D eigenvalue weighted by Crippen LogP contribution is -2.51. The molecule has 2 aliphatic rings. The van der Waals surface area contributed by atoms with Crippen LogP contribution in [-0.4, -0.2) is 21.7 Å². The molecule has 1 amide bonds. The quantitative estimate of drug-likeness (QED) is 0.628. The summed E-state index contributed by atoms with van der Waals surface area (Å²) in [5, 5.41) is 12.4. The standard InChI is InChI=1S/C20H14N4O2S/c21-11-14-15(16(25)12-7-3-1-4-8-12)20(13-9-5-2-6-10-13)18(26)23-19(27)24(20)17(14)22/h1-10,15H,22H2,(H,23,26,27). The van der Waals surface area contributed by atoms with Crippen LogP contribution in [0.25, 0.3) is 0 Å². The number of nitrogens with zero attached hydrogens (tertiary/aromatic N) is 2. The number of hydrogen-bond acceptors (Lipinski definition) is 5. The Morgan fingerprint density at radius 3 is 2.33 bits per heavy atom. The molecule has 2 aromatic rings. The highest BCUT2D eigenvalue weighted by Gasteiger charge is 2.66. The minimum atomic E-state index is -1.51. The smallest absolute Gasteiger partial charge is 0.258 e. The first-order valence-corrected chi connectivity index (χ1v) is 8.64. The second-order valence-corrected chi connectivity index (χ2v) is 6.69. The van der Waals surface area contributed by atoms with Crippen molar-refractivity contribution in [2.24, 2.45) is 11.7 Å². The number of thiocarbonyl (C=S) groups is 1. The van der Waals surface area contributed by atoms with Gasteiger partial charge in [0.25, 0.3) is 5.91 Å². The summed E-state index contributed by atoms with van der Waals surface area (Å²) >= 11 is 5.30. The summed E-state index contributed by atoms with van der Waals surface area (Å²) in [6.45, 7) is 0. The summed E-state index contributed by atoms with van der Waals surface area (Å²) < 4.78 is 0. The number of amides is 1. The number of carbonyl (C=O) groups is 2. The summed E-state index contributed by atoms with van der Waals surface area (Å²) in [4.78, 5) is 28.0. The zero-order valence-electron chi connectivity index (χ0n) is 14.0. The van der Waals surface area contributed by atoms with Crippen molar-refractivity contribution in [2.75, 3.05) is 0 Å². The third kappa shape index (κ3) is 2.14. The van der Waals surface area contributed by atoms with Crippen LogP contribution in [0, 0.1) is 17.2 Å². The highest BCUT2D eigenvalue weighted by molar-refractivity contribution is 7.80. The molecule has 0 bridgehead atoms. The van der Waals surface area contributed by atoms with Crippen molar-refractivity contribution >= 4 is 29.0 Å². The molecule has 1 saturated heterocycles. The number of nitrogens with two attached hydrogens (primary N) is 1. The molecule has 27 heavy (non-hydrogen) atoms. The van der Waals surface area contributed by atoms with E-state index in [9.17, 15) is 14.9 Å². The third-order valence-corrected chi connectivity index (χ3v) is 5.29. The molecule has 4 rings (SSSR count). The number of Topliss-reactive ketones (excluding diaryl/α,β-unsaturated/α-hetero) is 1. The molecule has 0 spiro atoms. The van der Waals surface area contributed by atoms with Crippen molar-refractivity contribution in [1.82, 2.24) is 10.2 Å². The fourth-order valence-electron chi connectivity index (χ4n) is 3.88. The number of ketones is 1. The molecule has 2 heterocycles. The summed E-state index contributed by atoms with van der Waals surface area (Å²) in [5.41, 5.74) is 5.68. The number of benzene rings is 2. The normalized spacial score (nSPS) is 23.8. The molecular formula is C20H14N4O2S. The Morgan fingerprint density at radius 2 is 1.74 bits per heavy atom. The summed E-state index contributed by atoms with van der Waals surface area (Å²) in [6.07, 6.45) is 0. The van der Waals surface area contributed by atoms with Gasteiger partial charge >= 0.3 is 0 Å². The van der Waals surface area contributed by atoms with Crippen LogP contribution < -0.4 is 11.1 Å². The van der Waals surface area contributed by atoms with Crippen LogP contribution in [0.3, 0.4) is 0 Å². The lowest BCUT2D eigenvalue weighted by atomic mass is 9.72. The first-order valence-electron chi connectivity index (χ1n) is 8.23. The largest absolute Gasteiger partial charge is 0.384 e. The van der Waals surface area contributed by atoms with Crippen LogP contribution in [0.5, 0.6) is 0 Å². The van der Waals surface area contributed by atoms with Gasteiger partial charge in [-0.05, 0) is 17.8 Å². The third-order valence-electron chi connectivity index (χ3n) is 5.00. The topological polar surface area (TPSA) is 99.2 Å². The average Bonchev–Trinajstić information content (AvgIpc) is 3.12. The van der Waals surface area contributed by atoms with Crippen LogP contribution >= 0.6 is 12.2 Å². The van der Waals surface area contributed by atoms with E-state index in [1.807, 2.05) is 6.07 Å². The van der Waals surface area contributed by atoms with Crippen molar-refractivity contribution in [3.8, 4) is 6.07 Å². The Kier molecular flexibility index (Phi) is 3.79. The zero-order chi connectivity index (χ0) is 19.2. The number of hydrogen-bond donors (Lipinski definition) is 2. The fraction of sp³-hybridized carbons (Fsp3) is 0.100. The summed E-state index contributed by atoms with van der Waals surface area (Å²) in [5.74, 6) is -1.91. The van der Waals surface area contributed by atoms with Crippen LogP contribution in [0.1, 0.15) is 15.9 Å². The number of rotatable bonds is 3. The molecule has 0 radical (unpaired) electrons. The molecule has 132 valence electrons. The number of nitrogens with one attached hydrogen (secondary N) is 1. The van der Waals surface area contributed by atoms with E-state index in [-0.39, 0.29) is 22.3 Å². The van der Waals surface area contributed by atoms with Crippen molar-refractivity contribution in [1.29, 1.82) is 5.26 Å². The second kappa shape index (κ2) is 6.04. The fourth-order valence-corrected chi connectivity index (χ4v) is 4.21. The van der Waals surface area contributed by atoms with Gasteiger partial charge in [0.15, 0.2) is 16.4 Å². The van der Waals surface area contributed by atoms with Gasteiger partial charge in [-0.25, -0.2) is 0 Å². The van der Waals surface area contributed by atoms with E-state index in [1.165, 1.54) is 4.90 Å². The number of nitriles is 1. The molecule has 2 atom stereocenters. The Labute approximate surface area is 160 Å². The molecule has 2 aliphatic heterocycles. The zero-order valence-corrected chi connectivity index (χ0v) is 14.9. The molecule has 0 aliphatic carbocycles. The van der Waals surface area contributed by atoms with E-state index in [1.54, 1.807) is 60.7 Å². The second-order valence-electron chi connectivity index (χ2n) is 6.30. The minimum Gasteiger partial charge on any atom is -0.384 e. The van der Waals surface area contributed by atoms with Crippen LogP contribution in [-0.2, 0) is 10.3 Å². The Morgan fingerprint density at radius 1 is 1.15 bits per heavy atom. The molecule has 0 saturated carbocycles. The maximum atomic E-state index is 13.4. The van der Waals surface area contributed by atoms with Crippen molar-refractivity contribution in [2.45, 2.75) is 5.54 Å². The summed E-state index contributed by atoms with van der Waals surface area (Å²) in [6, 6.07) is 19.4. The van der Waals surface area contributed by atoms with Gasteiger partial charge in [-0.15, -0.1) is 0 Å². The molecular weight excluding hydrogens is 360 g/mol. The Bertz CT molecular complexity index is 1040. The monoisotopic (exact) mass is 374 g/mol. The lowest BCUT2D eigenvalue weighted by molar-refractivity contribution is -0.127. The predicted octanol–water partition coefficient (Wildman–Crippen LogP) is 1.81. The van der Waals surface area contributed by atoms with Gasteiger partial charge < -0.3 is 11.1 Å². The van der Waals surface area contributed by atoms with Gasteiger partial charge in [-0.3, -0.25) is 14.5 Å². The first-order chi connectivity index (χ1) is 13.0. The number of carbonyl (C=O) groups excluding carboxylic acids is 2. The SMILES string of the molecule is N#CC1=C(N)N2C(=S)NC(=O)C2(c2ccccc2)C1C(=O)c1ccccc1. The van der Waals surface area contributed by atoms with E-state index >= 15 is 0 Å². The van der Waals surface area contributed by atoms with E-state index in [0.717, 1.165) is 0 Å². The van der Waals surface area contributed by atoms with E-state index in [4.69, 9.17) is 18.0 Å². The van der Waals surface area contributed by atoms with Gasteiger partial charge in [-0.1, -0.05) is 60.7 Å². The number of fused-ring (bicyclic) bond motifs is 1. The maximum Gasteiger partial charge on any atom is 0.258 e. The van der Waals surface area contributed by atoms with Crippen LogP contribution in [0.4, 0.5) is 0 Å². The van der Waals surface area contributed by atoms with E-state index in [2.05, 4.69) is 5.32 Å². The van der Waals surface area contributed by atoms with Crippen molar-refractivity contribution in [3.63, 3.8) is 0 Å². The highest BCUT2D eigenvalue weighted by Crippen LogP contribution is 2.51. The molecule has 0 aromatic heterocycles. The molecule has 6 nitrogen and oxygen atoms in total. The Balaban J connectivity index is 2.02. The van der Waals surface area contributed by atoms with Gasteiger partial charge in [0.05, 0.1) is 17.6 Å². The van der Waals surface area contributed by atoms with E-state index in [0.29, 0.717) is 11.1 Å². The Hall–Kier alpha value is -3.50. The van der Waals surface area contributed by atoms with Gasteiger partial charge in [-0.2, -0.15) is 5.26 Å². The predicted molar refractivity (Wildman–Crippen MR) is 102 cm³/mol. The minimum absolute atomic E-state index is 0.0268.